The topological polar surface area (TPSA) is 18.5 Å². The van der Waals surface area contributed by atoms with Gasteiger partial charge in [0, 0.05) is 25.7 Å². The molecule has 21 heavy (non-hydrogen) atoms. The van der Waals surface area contributed by atoms with Crippen molar-refractivity contribution >= 4 is 5.69 Å². The Balaban J connectivity index is 2.11. The van der Waals surface area contributed by atoms with E-state index in [1.54, 1.807) is 6.07 Å². The predicted octanol–water partition coefficient (Wildman–Crippen LogP) is 2.71. The second-order valence-electron chi connectivity index (χ2n) is 6.62. The number of rotatable bonds is 6. The monoisotopic (exact) mass is 293 g/mol. The van der Waals surface area contributed by atoms with Gasteiger partial charge >= 0.3 is 0 Å². The molecule has 1 unspecified atom stereocenters. The lowest BCUT2D eigenvalue weighted by Gasteiger charge is -2.24. The van der Waals surface area contributed by atoms with Crippen molar-refractivity contribution in [2.45, 2.75) is 32.9 Å². The summed E-state index contributed by atoms with van der Waals surface area (Å²) in [5, 5.41) is 3.42. The Bertz CT molecular complexity index is 459. The molecule has 0 amide bonds. The molecular weight excluding hydrogens is 265 g/mol. The highest BCUT2D eigenvalue weighted by Gasteiger charge is 2.27. The molecule has 1 aromatic rings. The number of anilines is 1. The zero-order valence-corrected chi connectivity index (χ0v) is 13.7. The number of hydrogen-bond donors (Lipinski definition) is 1. The highest BCUT2D eigenvalue weighted by molar-refractivity contribution is 5.56. The standard InChI is InChI=1S/C17H28FN3/c1-13(2)10-19-11-14-6-5-7-16(18)17(14)21-9-8-15(12-21)20(3)4/h5-7,13,15,19H,8-12H2,1-4H3. The molecule has 3 nitrogen and oxygen atoms in total. The Morgan fingerprint density at radius 2 is 2.14 bits per heavy atom. The highest BCUT2D eigenvalue weighted by atomic mass is 19.1. The van der Waals surface area contributed by atoms with Crippen molar-refractivity contribution in [3.63, 3.8) is 0 Å². The number of benzene rings is 1. The van der Waals surface area contributed by atoms with E-state index in [9.17, 15) is 4.39 Å². The second-order valence-corrected chi connectivity index (χ2v) is 6.62. The number of nitrogens with zero attached hydrogens (tertiary/aromatic N) is 2. The minimum absolute atomic E-state index is 0.0988. The first-order valence-corrected chi connectivity index (χ1v) is 7.88. The number of hydrogen-bond acceptors (Lipinski definition) is 3. The van der Waals surface area contributed by atoms with Gasteiger partial charge in [-0.2, -0.15) is 0 Å². The van der Waals surface area contributed by atoms with Crippen LogP contribution in [0.15, 0.2) is 18.2 Å². The molecule has 0 bridgehead atoms. The van der Waals surface area contributed by atoms with Crippen LogP contribution in [-0.4, -0.2) is 44.7 Å². The van der Waals surface area contributed by atoms with Gasteiger partial charge in [-0.25, -0.2) is 4.39 Å². The minimum atomic E-state index is -0.0988. The van der Waals surface area contributed by atoms with Crippen LogP contribution in [0.2, 0.25) is 0 Å². The summed E-state index contributed by atoms with van der Waals surface area (Å²) in [7, 11) is 4.20. The van der Waals surface area contributed by atoms with Gasteiger partial charge in [-0.1, -0.05) is 26.0 Å². The molecule has 1 aliphatic rings. The molecule has 0 aliphatic carbocycles. The quantitative estimate of drug-likeness (QED) is 0.870. The summed E-state index contributed by atoms with van der Waals surface area (Å²) >= 11 is 0. The molecule has 2 rings (SSSR count). The minimum Gasteiger partial charge on any atom is -0.367 e. The maximum absolute atomic E-state index is 14.3. The van der Waals surface area contributed by atoms with Gasteiger partial charge in [-0.15, -0.1) is 0 Å². The van der Waals surface area contributed by atoms with Crippen molar-refractivity contribution in [1.82, 2.24) is 10.2 Å². The van der Waals surface area contributed by atoms with Crippen LogP contribution in [0.25, 0.3) is 0 Å². The Labute approximate surface area is 128 Å². The summed E-state index contributed by atoms with van der Waals surface area (Å²) in [5.74, 6) is 0.505. The SMILES string of the molecule is CC(C)CNCc1cccc(F)c1N1CCC(N(C)C)C1. The molecule has 1 fully saturated rings. The van der Waals surface area contributed by atoms with Crippen LogP contribution in [0.4, 0.5) is 10.1 Å². The third-order valence-electron chi connectivity index (χ3n) is 4.15. The van der Waals surface area contributed by atoms with Gasteiger partial charge in [0.25, 0.3) is 0 Å². The van der Waals surface area contributed by atoms with Crippen LogP contribution < -0.4 is 10.2 Å². The van der Waals surface area contributed by atoms with E-state index >= 15 is 0 Å². The van der Waals surface area contributed by atoms with Crippen molar-refractivity contribution in [2.75, 3.05) is 38.6 Å². The van der Waals surface area contributed by atoms with E-state index in [4.69, 9.17) is 0 Å². The Morgan fingerprint density at radius 1 is 1.38 bits per heavy atom. The van der Waals surface area contributed by atoms with E-state index in [0.717, 1.165) is 43.9 Å². The number of nitrogens with one attached hydrogen (secondary N) is 1. The van der Waals surface area contributed by atoms with E-state index in [1.165, 1.54) is 0 Å². The summed E-state index contributed by atoms with van der Waals surface area (Å²) in [6.07, 6.45) is 1.10. The van der Waals surface area contributed by atoms with Crippen molar-refractivity contribution in [2.24, 2.45) is 5.92 Å². The molecule has 0 saturated carbocycles. The normalized spacial score (nSPS) is 19.0. The molecule has 1 aliphatic heterocycles. The van der Waals surface area contributed by atoms with Gasteiger partial charge in [-0.05, 0) is 44.6 Å². The fourth-order valence-electron chi connectivity index (χ4n) is 2.92. The van der Waals surface area contributed by atoms with Crippen molar-refractivity contribution in [3.05, 3.63) is 29.6 Å². The maximum Gasteiger partial charge on any atom is 0.146 e. The van der Waals surface area contributed by atoms with Gasteiger partial charge in [0.1, 0.15) is 5.82 Å². The van der Waals surface area contributed by atoms with E-state index < -0.39 is 0 Å². The first kappa shape index (κ1) is 16.2. The molecular formula is C17H28FN3. The van der Waals surface area contributed by atoms with Gasteiger partial charge < -0.3 is 15.1 Å². The molecule has 0 radical (unpaired) electrons. The number of likely N-dealkylation sites (N-methyl/N-ethyl adjacent to an activating group) is 1. The fraction of sp³-hybridized carbons (Fsp3) is 0.647. The lowest BCUT2D eigenvalue weighted by atomic mass is 10.1. The van der Waals surface area contributed by atoms with Crippen molar-refractivity contribution < 1.29 is 4.39 Å². The van der Waals surface area contributed by atoms with Crippen LogP contribution in [0, 0.1) is 11.7 Å². The smallest absolute Gasteiger partial charge is 0.146 e. The third-order valence-corrected chi connectivity index (χ3v) is 4.15. The second kappa shape index (κ2) is 7.23. The summed E-state index contributed by atoms with van der Waals surface area (Å²) in [6.45, 7) is 7.89. The van der Waals surface area contributed by atoms with E-state index in [0.29, 0.717) is 12.0 Å². The van der Waals surface area contributed by atoms with Crippen LogP contribution in [-0.2, 0) is 6.54 Å². The lowest BCUT2D eigenvalue weighted by Crippen LogP contribution is -2.32. The van der Waals surface area contributed by atoms with E-state index in [1.807, 2.05) is 12.1 Å². The van der Waals surface area contributed by atoms with Gasteiger partial charge in [0.2, 0.25) is 0 Å². The average Bonchev–Trinajstić information content (AvgIpc) is 2.88. The number of para-hydroxylation sites is 1. The highest BCUT2D eigenvalue weighted by Crippen LogP contribution is 2.28. The maximum atomic E-state index is 14.3. The van der Waals surface area contributed by atoms with Gasteiger partial charge in [0.15, 0.2) is 0 Å². The van der Waals surface area contributed by atoms with E-state index in [-0.39, 0.29) is 5.82 Å². The Hall–Kier alpha value is -1.13. The Kier molecular flexibility index (Phi) is 5.59. The van der Waals surface area contributed by atoms with Crippen molar-refractivity contribution in [3.8, 4) is 0 Å². The van der Waals surface area contributed by atoms with Crippen LogP contribution >= 0.6 is 0 Å². The molecule has 1 saturated heterocycles. The van der Waals surface area contributed by atoms with Crippen LogP contribution in [0.5, 0.6) is 0 Å². The molecule has 1 heterocycles. The lowest BCUT2D eigenvalue weighted by molar-refractivity contribution is 0.315. The van der Waals surface area contributed by atoms with Crippen LogP contribution in [0.1, 0.15) is 25.8 Å². The number of halogens is 1. The Morgan fingerprint density at radius 3 is 2.76 bits per heavy atom. The summed E-state index contributed by atoms with van der Waals surface area (Å²) in [4.78, 5) is 4.43. The molecule has 1 N–H and O–H groups in total. The zero-order valence-electron chi connectivity index (χ0n) is 13.7. The molecule has 118 valence electrons. The first-order chi connectivity index (χ1) is 9.99. The molecule has 1 aromatic carbocycles. The first-order valence-electron chi connectivity index (χ1n) is 7.88. The van der Waals surface area contributed by atoms with Gasteiger partial charge in [0.05, 0.1) is 5.69 Å². The predicted molar refractivity (Wildman–Crippen MR) is 87.2 cm³/mol. The average molecular weight is 293 g/mol. The fourth-order valence-corrected chi connectivity index (χ4v) is 2.92. The van der Waals surface area contributed by atoms with E-state index in [2.05, 4.69) is 43.1 Å². The summed E-state index contributed by atoms with van der Waals surface area (Å²) < 4.78 is 14.3. The molecule has 0 spiro atoms. The third kappa shape index (κ3) is 4.17. The summed E-state index contributed by atoms with van der Waals surface area (Å²) in [5.41, 5.74) is 1.85. The van der Waals surface area contributed by atoms with Gasteiger partial charge in [-0.3, -0.25) is 0 Å². The van der Waals surface area contributed by atoms with Crippen molar-refractivity contribution in [1.29, 1.82) is 0 Å². The van der Waals surface area contributed by atoms with Crippen LogP contribution in [0.3, 0.4) is 0 Å². The largest absolute Gasteiger partial charge is 0.367 e. The zero-order chi connectivity index (χ0) is 15.4. The molecule has 4 heteroatoms. The molecule has 1 atom stereocenters. The summed E-state index contributed by atoms with van der Waals surface area (Å²) in [6, 6.07) is 5.94. The molecule has 0 aromatic heterocycles.